The lowest BCUT2D eigenvalue weighted by molar-refractivity contribution is -0.134. The smallest absolute Gasteiger partial charge is 0.325 e. The van der Waals surface area contributed by atoms with Crippen LogP contribution in [-0.4, -0.2) is 29.3 Å². The molecule has 2 aliphatic rings. The highest BCUT2D eigenvalue weighted by molar-refractivity contribution is 6.30. The van der Waals surface area contributed by atoms with Gasteiger partial charge >= 0.3 is 6.03 Å². The van der Waals surface area contributed by atoms with E-state index in [1.165, 1.54) is 0 Å². The largest absolute Gasteiger partial charge is 0.325 e. The van der Waals surface area contributed by atoms with Gasteiger partial charge < -0.3 is 10.6 Å². The van der Waals surface area contributed by atoms with E-state index in [-0.39, 0.29) is 12.5 Å². The summed E-state index contributed by atoms with van der Waals surface area (Å²) in [7, 11) is 0. The molecule has 1 aliphatic heterocycles. The monoisotopic (exact) mass is 383 g/mol. The number of imide groups is 1. The number of aryl methyl sites for hydroxylation is 1. The first-order valence-electron chi connectivity index (χ1n) is 8.77. The number of rotatable bonds is 3. The Kier molecular flexibility index (Phi) is 4.36. The first-order valence-corrected chi connectivity index (χ1v) is 9.15. The SMILES string of the molecule is O=C(CN1C(=O)N[C@@]2(CCCc3ccccc32)C1=O)Nc1ccc(Cl)cc1. The van der Waals surface area contributed by atoms with Crippen LogP contribution in [-0.2, 0) is 21.5 Å². The molecule has 1 fully saturated rings. The van der Waals surface area contributed by atoms with E-state index in [9.17, 15) is 14.4 Å². The van der Waals surface area contributed by atoms with Crippen molar-refractivity contribution < 1.29 is 14.4 Å². The number of anilines is 1. The fourth-order valence-corrected chi connectivity index (χ4v) is 3.96. The molecular formula is C20H18ClN3O3. The van der Waals surface area contributed by atoms with E-state index in [1.807, 2.05) is 24.3 Å². The maximum absolute atomic E-state index is 13.1. The van der Waals surface area contributed by atoms with Crippen LogP contribution in [0.4, 0.5) is 10.5 Å². The summed E-state index contributed by atoms with van der Waals surface area (Å²) in [5, 5.41) is 6.07. The Hall–Kier alpha value is -2.86. The third kappa shape index (κ3) is 3.06. The van der Waals surface area contributed by atoms with Crippen molar-refractivity contribution >= 4 is 35.1 Å². The standard InChI is InChI=1S/C20H18ClN3O3/c21-14-7-9-15(10-8-14)22-17(25)12-24-18(26)20(23-19(24)27)11-3-5-13-4-1-2-6-16(13)20/h1-2,4,6-10H,3,5,11-12H2,(H,22,25)(H,23,27)/t20-/m1/s1. The van der Waals surface area contributed by atoms with Crippen LogP contribution in [0.5, 0.6) is 0 Å². The van der Waals surface area contributed by atoms with Crippen molar-refractivity contribution in [2.45, 2.75) is 24.8 Å². The molecule has 2 N–H and O–H groups in total. The third-order valence-corrected chi connectivity index (χ3v) is 5.33. The first kappa shape index (κ1) is 17.5. The minimum atomic E-state index is -1.06. The van der Waals surface area contributed by atoms with E-state index in [0.717, 1.165) is 28.9 Å². The summed E-state index contributed by atoms with van der Waals surface area (Å²) >= 11 is 5.83. The molecule has 1 spiro atoms. The topological polar surface area (TPSA) is 78.5 Å². The summed E-state index contributed by atoms with van der Waals surface area (Å²) in [5.74, 6) is -0.812. The maximum atomic E-state index is 13.1. The molecule has 1 saturated heterocycles. The number of halogens is 1. The molecule has 2 aromatic rings. The first-order chi connectivity index (χ1) is 13.0. The van der Waals surface area contributed by atoms with Gasteiger partial charge in [0, 0.05) is 10.7 Å². The number of carbonyl (C=O) groups is 3. The molecule has 1 aliphatic carbocycles. The zero-order valence-electron chi connectivity index (χ0n) is 14.5. The third-order valence-electron chi connectivity index (χ3n) is 5.08. The number of hydrogen-bond acceptors (Lipinski definition) is 3. The average molecular weight is 384 g/mol. The van der Waals surface area contributed by atoms with Crippen LogP contribution >= 0.6 is 11.6 Å². The molecule has 0 unspecified atom stereocenters. The van der Waals surface area contributed by atoms with Gasteiger partial charge in [0.25, 0.3) is 5.91 Å². The van der Waals surface area contributed by atoms with Gasteiger partial charge in [-0.25, -0.2) is 4.79 Å². The lowest BCUT2D eigenvalue weighted by Gasteiger charge is -2.33. The summed E-state index contributed by atoms with van der Waals surface area (Å²) in [6, 6.07) is 13.7. The van der Waals surface area contributed by atoms with Crippen molar-refractivity contribution in [2.24, 2.45) is 0 Å². The zero-order valence-corrected chi connectivity index (χ0v) is 15.3. The number of benzene rings is 2. The van der Waals surface area contributed by atoms with Gasteiger partial charge in [-0.3, -0.25) is 14.5 Å². The Labute approximate surface area is 161 Å². The Morgan fingerprint density at radius 3 is 2.67 bits per heavy atom. The fourth-order valence-electron chi connectivity index (χ4n) is 3.83. The minimum Gasteiger partial charge on any atom is -0.325 e. The van der Waals surface area contributed by atoms with Gasteiger partial charge in [0.1, 0.15) is 12.1 Å². The Balaban J connectivity index is 1.54. The van der Waals surface area contributed by atoms with Crippen molar-refractivity contribution in [1.29, 1.82) is 0 Å². The molecule has 2 aromatic carbocycles. The van der Waals surface area contributed by atoms with Gasteiger partial charge in [-0.2, -0.15) is 0 Å². The van der Waals surface area contributed by atoms with Crippen molar-refractivity contribution in [3.63, 3.8) is 0 Å². The highest BCUT2D eigenvalue weighted by Gasteiger charge is 2.54. The molecule has 138 valence electrons. The predicted molar refractivity (Wildman–Crippen MR) is 101 cm³/mol. The molecule has 4 amide bonds. The fraction of sp³-hybridized carbons (Fsp3) is 0.250. The lowest BCUT2D eigenvalue weighted by Crippen LogP contribution is -2.47. The van der Waals surface area contributed by atoms with E-state index in [4.69, 9.17) is 11.6 Å². The average Bonchev–Trinajstić information content (AvgIpc) is 2.89. The molecule has 7 heteroatoms. The van der Waals surface area contributed by atoms with Crippen molar-refractivity contribution in [3.05, 3.63) is 64.7 Å². The minimum absolute atomic E-state index is 0.336. The van der Waals surface area contributed by atoms with Crippen LogP contribution in [0, 0.1) is 0 Å². The van der Waals surface area contributed by atoms with Gasteiger partial charge in [-0.1, -0.05) is 35.9 Å². The number of carbonyl (C=O) groups excluding carboxylic acids is 3. The summed E-state index contributed by atoms with van der Waals surface area (Å²) in [5.41, 5.74) is 1.38. The quantitative estimate of drug-likeness (QED) is 0.799. The Morgan fingerprint density at radius 1 is 1.15 bits per heavy atom. The second-order valence-electron chi connectivity index (χ2n) is 6.79. The van der Waals surface area contributed by atoms with Crippen LogP contribution in [0.25, 0.3) is 0 Å². The van der Waals surface area contributed by atoms with Crippen LogP contribution in [0.2, 0.25) is 5.02 Å². The van der Waals surface area contributed by atoms with Gasteiger partial charge in [-0.15, -0.1) is 0 Å². The highest BCUT2D eigenvalue weighted by atomic mass is 35.5. The van der Waals surface area contributed by atoms with E-state index < -0.39 is 17.5 Å². The number of hydrogen-bond donors (Lipinski definition) is 2. The second-order valence-corrected chi connectivity index (χ2v) is 7.23. The summed E-state index contributed by atoms with van der Waals surface area (Å²) in [6.07, 6.45) is 2.20. The Morgan fingerprint density at radius 2 is 1.89 bits per heavy atom. The molecule has 0 bridgehead atoms. The molecule has 1 heterocycles. The summed E-state index contributed by atoms with van der Waals surface area (Å²) in [6.45, 7) is -0.336. The number of fused-ring (bicyclic) bond motifs is 2. The van der Waals surface area contributed by atoms with Gasteiger partial charge in [0.15, 0.2) is 0 Å². The number of nitrogens with one attached hydrogen (secondary N) is 2. The summed E-state index contributed by atoms with van der Waals surface area (Å²) < 4.78 is 0. The van der Waals surface area contributed by atoms with E-state index in [1.54, 1.807) is 24.3 Å². The van der Waals surface area contributed by atoms with Crippen molar-refractivity contribution in [2.75, 3.05) is 11.9 Å². The van der Waals surface area contributed by atoms with Gasteiger partial charge in [0.05, 0.1) is 0 Å². The molecule has 0 aromatic heterocycles. The van der Waals surface area contributed by atoms with Gasteiger partial charge in [-0.05, 0) is 54.7 Å². The lowest BCUT2D eigenvalue weighted by atomic mass is 9.76. The molecule has 1 atom stereocenters. The summed E-state index contributed by atoms with van der Waals surface area (Å²) in [4.78, 5) is 39.0. The zero-order chi connectivity index (χ0) is 19.0. The van der Waals surface area contributed by atoms with E-state index >= 15 is 0 Å². The number of urea groups is 1. The van der Waals surface area contributed by atoms with Gasteiger partial charge in [0.2, 0.25) is 5.91 Å². The van der Waals surface area contributed by atoms with Crippen LogP contribution < -0.4 is 10.6 Å². The van der Waals surface area contributed by atoms with E-state index in [2.05, 4.69) is 10.6 Å². The molecule has 0 radical (unpaired) electrons. The number of amides is 4. The second kappa shape index (κ2) is 6.70. The normalized spacial score (nSPS) is 21.1. The maximum Gasteiger partial charge on any atom is 0.325 e. The number of nitrogens with zero attached hydrogens (tertiary/aromatic N) is 1. The van der Waals surface area contributed by atoms with Crippen molar-refractivity contribution in [1.82, 2.24) is 10.2 Å². The molecule has 6 nitrogen and oxygen atoms in total. The van der Waals surface area contributed by atoms with E-state index in [0.29, 0.717) is 17.1 Å². The van der Waals surface area contributed by atoms with Crippen LogP contribution in [0.15, 0.2) is 48.5 Å². The molecular weight excluding hydrogens is 366 g/mol. The molecule has 4 rings (SSSR count). The van der Waals surface area contributed by atoms with Crippen LogP contribution in [0.3, 0.4) is 0 Å². The van der Waals surface area contributed by atoms with Crippen molar-refractivity contribution in [3.8, 4) is 0 Å². The Bertz CT molecular complexity index is 928. The molecule has 0 saturated carbocycles. The van der Waals surface area contributed by atoms with Crippen LogP contribution in [0.1, 0.15) is 24.0 Å². The predicted octanol–water partition coefficient (Wildman–Crippen LogP) is 3.06. The highest BCUT2D eigenvalue weighted by Crippen LogP contribution is 2.39. The molecule has 27 heavy (non-hydrogen) atoms.